The van der Waals surface area contributed by atoms with Gasteiger partial charge in [0.15, 0.2) is 5.82 Å². The maximum Gasteiger partial charge on any atom is 0.419 e. The van der Waals surface area contributed by atoms with Gasteiger partial charge in [0.05, 0.1) is 30.9 Å². The minimum absolute atomic E-state index is 0.0754. The van der Waals surface area contributed by atoms with Crippen molar-refractivity contribution in [1.29, 1.82) is 0 Å². The molecule has 12 heteroatoms. The van der Waals surface area contributed by atoms with E-state index in [9.17, 15) is 22.8 Å². The number of nitrogens with one attached hydrogen (secondary N) is 2. The van der Waals surface area contributed by atoms with Crippen LogP contribution >= 0.6 is 0 Å². The van der Waals surface area contributed by atoms with Crippen LogP contribution in [0.15, 0.2) is 49.1 Å². The summed E-state index contributed by atoms with van der Waals surface area (Å²) >= 11 is 0. The zero-order valence-corrected chi connectivity index (χ0v) is 22.5. The lowest BCUT2D eigenvalue weighted by Crippen LogP contribution is -2.26. The van der Waals surface area contributed by atoms with Crippen LogP contribution in [0.1, 0.15) is 62.5 Å². The van der Waals surface area contributed by atoms with E-state index in [0.717, 1.165) is 28.6 Å². The molecule has 0 aliphatic rings. The second-order valence-electron chi connectivity index (χ2n) is 8.30. The largest absolute Gasteiger partial charge is 0.469 e. The molecule has 38 heavy (non-hydrogen) atoms. The number of carbonyl (C=O) groups excluding carboxylic acids is 2. The Kier molecular flexibility index (Phi) is 13.5. The summed E-state index contributed by atoms with van der Waals surface area (Å²) < 4.78 is 43.6. The minimum atomic E-state index is -4.46. The summed E-state index contributed by atoms with van der Waals surface area (Å²) in [4.78, 5) is 31.3. The third-order valence-electron chi connectivity index (χ3n) is 4.30. The molecule has 0 unspecified atom stereocenters. The highest BCUT2D eigenvalue weighted by Gasteiger charge is 2.32. The van der Waals surface area contributed by atoms with E-state index in [4.69, 9.17) is 0 Å². The quantitative estimate of drug-likeness (QED) is 0.377. The highest BCUT2D eigenvalue weighted by molar-refractivity contribution is 5.94. The molecule has 0 spiro atoms. The maximum atomic E-state index is 12.7. The molecule has 3 aromatic rings. The molecule has 208 valence electrons. The number of amides is 1. The van der Waals surface area contributed by atoms with Crippen LogP contribution in [0.4, 0.5) is 19.0 Å². The number of hydrogen-bond acceptors (Lipinski definition) is 7. The third kappa shape index (κ3) is 11.4. The predicted octanol–water partition coefficient (Wildman–Crippen LogP) is 5.27. The minimum Gasteiger partial charge on any atom is -0.469 e. The molecule has 3 rings (SSSR count). The average molecular weight is 537 g/mol. The number of aromatic nitrogens is 4. The third-order valence-corrected chi connectivity index (χ3v) is 4.30. The van der Waals surface area contributed by atoms with Gasteiger partial charge in [0.25, 0.3) is 5.91 Å². The highest BCUT2D eigenvalue weighted by atomic mass is 19.4. The Morgan fingerprint density at radius 3 is 2.21 bits per heavy atom. The second kappa shape index (κ2) is 16.0. The highest BCUT2D eigenvalue weighted by Crippen LogP contribution is 2.28. The number of rotatable bonds is 8. The van der Waals surface area contributed by atoms with Crippen molar-refractivity contribution in [2.45, 2.75) is 53.8 Å². The summed E-state index contributed by atoms with van der Waals surface area (Å²) in [6, 6.07) is 6.46. The number of methoxy groups -OCH3 is 1. The van der Waals surface area contributed by atoms with Crippen molar-refractivity contribution in [2.75, 3.05) is 19.0 Å². The van der Waals surface area contributed by atoms with Gasteiger partial charge < -0.3 is 15.4 Å². The lowest BCUT2D eigenvalue weighted by atomic mass is 10.2. The van der Waals surface area contributed by atoms with Gasteiger partial charge in [-0.1, -0.05) is 40.7 Å². The van der Waals surface area contributed by atoms with Gasteiger partial charge in [-0.05, 0) is 29.7 Å². The van der Waals surface area contributed by atoms with Crippen LogP contribution < -0.4 is 10.6 Å². The van der Waals surface area contributed by atoms with E-state index < -0.39 is 17.7 Å². The first-order valence-electron chi connectivity index (χ1n) is 12.1. The normalized spacial score (nSPS) is 10.5. The van der Waals surface area contributed by atoms with Gasteiger partial charge in [-0.3, -0.25) is 9.59 Å². The van der Waals surface area contributed by atoms with Crippen LogP contribution in [-0.4, -0.2) is 45.3 Å². The Morgan fingerprint density at radius 2 is 1.71 bits per heavy atom. The SMILES string of the molecule is CC.CC(C)C.COC(=O)CCNC(=O)c1ccc(NCc2ccc(-n3cc(C(F)(F)F)cn3)nc2)nc1. The number of alkyl halides is 3. The van der Waals surface area contributed by atoms with Gasteiger partial charge in [-0.15, -0.1) is 0 Å². The van der Waals surface area contributed by atoms with Crippen LogP contribution in [0.25, 0.3) is 5.82 Å². The summed E-state index contributed by atoms with van der Waals surface area (Å²) in [7, 11) is 1.27. The molecular weight excluding hydrogens is 501 g/mol. The van der Waals surface area contributed by atoms with E-state index in [-0.39, 0.29) is 24.7 Å². The zero-order chi connectivity index (χ0) is 28.7. The van der Waals surface area contributed by atoms with Crippen molar-refractivity contribution in [3.05, 3.63) is 65.7 Å². The van der Waals surface area contributed by atoms with E-state index in [1.807, 2.05) is 13.8 Å². The number of nitrogens with zero attached hydrogens (tertiary/aromatic N) is 4. The summed E-state index contributed by atoms with van der Waals surface area (Å²) in [6.07, 6.45) is 0.136. The first kappa shape index (κ1) is 32.1. The van der Waals surface area contributed by atoms with E-state index in [2.05, 4.69) is 51.2 Å². The van der Waals surface area contributed by atoms with Crippen LogP contribution in [0, 0.1) is 5.92 Å². The molecule has 0 saturated heterocycles. The summed E-state index contributed by atoms with van der Waals surface area (Å²) in [5.41, 5.74) is 0.254. The molecule has 0 fully saturated rings. The number of anilines is 1. The predicted molar refractivity (Wildman–Crippen MR) is 139 cm³/mol. The lowest BCUT2D eigenvalue weighted by Gasteiger charge is -2.08. The monoisotopic (exact) mass is 536 g/mol. The molecule has 0 bridgehead atoms. The Balaban J connectivity index is 0.00000110. The van der Waals surface area contributed by atoms with Gasteiger partial charge in [-0.25, -0.2) is 14.6 Å². The second-order valence-corrected chi connectivity index (χ2v) is 8.30. The van der Waals surface area contributed by atoms with Crippen molar-refractivity contribution in [3.8, 4) is 5.82 Å². The first-order chi connectivity index (χ1) is 18.0. The molecule has 0 atom stereocenters. The molecule has 2 N–H and O–H groups in total. The molecule has 0 aliphatic heterocycles. The summed E-state index contributed by atoms with van der Waals surface area (Å²) in [6.45, 7) is 11.0. The Morgan fingerprint density at radius 1 is 1.03 bits per heavy atom. The number of hydrogen-bond donors (Lipinski definition) is 2. The van der Waals surface area contributed by atoms with E-state index in [0.29, 0.717) is 17.9 Å². The zero-order valence-electron chi connectivity index (χ0n) is 22.5. The van der Waals surface area contributed by atoms with Crippen LogP contribution in [0.5, 0.6) is 0 Å². The molecule has 3 heterocycles. The summed E-state index contributed by atoms with van der Waals surface area (Å²) in [5.74, 6) is 0.827. The number of ether oxygens (including phenoxy) is 1. The van der Waals surface area contributed by atoms with Crippen LogP contribution in [0.3, 0.4) is 0 Å². The van der Waals surface area contributed by atoms with Crippen molar-refractivity contribution < 1.29 is 27.5 Å². The lowest BCUT2D eigenvalue weighted by molar-refractivity contribution is -0.140. The fourth-order valence-corrected chi connectivity index (χ4v) is 2.56. The Hall–Kier alpha value is -3.96. The number of pyridine rings is 2. The molecular formula is C26H35F3N6O3. The fraction of sp³-hybridized carbons (Fsp3) is 0.423. The van der Waals surface area contributed by atoms with Crippen LogP contribution in [-0.2, 0) is 22.3 Å². The number of esters is 1. The fourth-order valence-electron chi connectivity index (χ4n) is 2.56. The Bertz CT molecular complexity index is 1110. The van der Waals surface area contributed by atoms with Gasteiger partial charge >= 0.3 is 12.1 Å². The van der Waals surface area contributed by atoms with Crippen LogP contribution in [0.2, 0.25) is 0 Å². The van der Waals surface area contributed by atoms with Crippen molar-refractivity contribution >= 4 is 17.7 Å². The van der Waals surface area contributed by atoms with E-state index in [1.165, 1.54) is 19.5 Å². The number of carbonyl (C=O) groups is 2. The van der Waals surface area contributed by atoms with E-state index >= 15 is 0 Å². The molecule has 0 aliphatic carbocycles. The number of halogens is 3. The summed E-state index contributed by atoms with van der Waals surface area (Å²) in [5, 5.41) is 9.34. The van der Waals surface area contributed by atoms with Gasteiger partial charge in [0, 0.05) is 31.7 Å². The van der Waals surface area contributed by atoms with Crippen molar-refractivity contribution in [2.24, 2.45) is 5.92 Å². The van der Waals surface area contributed by atoms with Gasteiger partial charge in [-0.2, -0.15) is 18.3 Å². The molecule has 0 aromatic carbocycles. The standard InChI is InChI=1S/C20H19F3N6O3.C4H10.C2H6/c1-32-18(30)6-7-24-19(31)14-3-4-16(26-10-14)25-8-13-2-5-17(27-9-13)29-12-15(11-28-29)20(21,22)23;1-4(2)3;1-2/h2-5,9-12H,6-8H2,1H3,(H,24,31)(H,25,26);4H,1-3H3;1-2H3. The molecule has 9 nitrogen and oxygen atoms in total. The van der Waals surface area contributed by atoms with Gasteiger partial charge in [0.2, 0.25) is 0 Å². The van der Waals surface area contributed by atoms with Crippen molar-refractivity contribution in [1.82, 2.24) is 25.1 Å². The van der Waals surface area contributed by atoms with E-state index in [1.54, 1.807) is 24.3 Å². The molecule has 3 aromatic heterocycles. The average Bonchev–Trinajstić information content (AvgIpc) is 3.40. The van der Waals surface area contributed by atoms with Gasteiger partial charge in [0.1, 0.15) is 5.82 Å². The first-order valence-corrected chi connectivity index (χ1v) is 12.1. The smallest absolute Gasteiger partial charge is 0.419 e. The Labute approximate surface area is 220 Å². The molecule has 0 radical (unpaired) electrons. The maximum absolute atomic E-state index is 12.7. The van der Waals surface area contributed by atoms with Crippen molar-refractivity contribution in [3.63, 3.8) is 0 Å². The molecule has 1 amide bonds. The topological polar surface area (TPSA) is 111 Å². The molecule has 0 saturated carbocycles.